The van der Waals surface area contributed by atoms with Gasteiger partial charge in [0.05, 0.1) is 7.11 Å². The van der Waals surface area contributed by atoms with Crippen molar-refractivity contribution in [3.63, 3.8) is 0 Å². The first-order chi connectivity index (χ1) is 10.2. The van der Waals surface area contributed by atoms with Crippen LogP contribution in [0.1, 0.15) is 43.2 Å². The van der Waals surface area contributed by atoms with E-state index in [4.69, 9.17) is 4.74 Å². The van der Waals surface area contributed by atoms with Crippen LogP contribution in [0.15, 0.2) is 12.3 Å². The van der Waals surface area contributed by atoms with Gasteiger partial charge in [-0.1, -0.05) is 13.3 Å². The third-order valence-corrected chi connectivity index (χ3v) is 3.72. The van der Waals surface area contributed by atoms with Gasteiger partial charge in [0.15, 0.2) is 0 Å². The van der Waals surface area contributed by atoms with Crippen LogP contribution in [0.25, 0.3) is 0 Å². The van der Waals surface area contributed by atoms with E-state index in [0.717, 1.165) is 38.3 Å². The third kappa shape index (κ3) is 4.39. The summed E-state index contributed by atoms with van der Waals surface area (Å²) in [6.45, 7) is 5.11. The molecule has 1 N–H and O–H groups in total. The van der Waals surface area contributed by atoms with E-state index < -0.39 is 5.97 Å². The number of esters is 1. The topological polar surface area (TPSA) is 67.4 Å². The lowest BCUT2D eigenvalue weighted by Gasteiger charge is -2.26. The Morgan fingerprint density at radius 2 is 2.43 bits per heavy atom. The van der Waals surface area contributed by atoms with Crippen LogP contribution in [0.2, 0.25) is 0 Å². The molecule has 1 aliphatic heterocycles. The maximum atomic E-state index is 11.6. The molecule has 1 saturated heterocycles. The predicted octanol–water partition coefficient (Wildman–Crippen LogP) is 1.62. The van der Waals surface area contributed by atoms with Crippen molar-refractivity contribution in [3.05, 3.63) is 18.1 Å². The minimum Gasteiger partial charge on any atom is -0.463 e. The summed E-state index contributed by atoms with van der Waals surface area (Å²) in [7, 11) is 1.34. The average Bonchev–Trinajstić information content (AvgIpc) is 3.03. The molecule has 0 aromatic carbocycles. The SMILES string of the molecule is CCCCN(CC1CCCN1)c1ccnc(C(=O)OC)n1. The summed E-state index contributed by atoms with van der Waals surface area (Å²) in [5, 5.41) is 3.51. The highest BCUT2D eigenvalue weighted by Gasteiger charge is 2.20. The number of carbonyl (C=O) groups is 1. The number of nitrogens with zero attached hydrogens (tertiary/aromatic N) is 3. The molecule has 1 atom stereocenters. The van der Waals surface area contributed by atoms with Crippen LogP contribution in [-0.2, 0) is 4.74 Å². The molecule has 6 nitrogen and oxygen atoms in total. The summed E-state index contributed by atoms with van der Waals surface area (Å²) in [6.07, 6.45) is 6.27. The number of carbonyl (C=O) groups excluding carboxylic acids is 1. The van der Waals surface area contributed by atoms with Crippen molar-refractivity contribution in [2.75, 3.05) is 31.6 Å². The van der Waals surface area contributed by atoms with Crippen molar-refractivity contribution in [2.24, 2.45) is 0 Å². The summed E-state index contributed by atoms with van der Waals surface area (Å²) in [5.41, 5.74) is 0. The van der Waals surface area contributed by atoms with Crippen molar-refractivity contribution in [1.29, 1.82) is 0 Å². The van der Waals surface area contributed by atoms with E-state index in [9.17, 15) is 4.79 Å². The standard InChI is InChI=1S/C15H24N4O2/c1-3-4-10-19(11-12-6-5-8-16-12)13-7-9-17-14(18-13)15(20)21-2/h7,9,12,16H,3-6,8,10-11H2,1-2H3. The number of unbranched alkanes of at least 4 members (excludes halogenated alkanes) is 1. The zero-order chi connectivity index (χ0) is 15.1. The molecule has 0 aliphatic carbocycles. The highest BCUT2D eigenvalue weighted by molar-refractivity contribution is 5.85. The van der Waals surface area contributed by atoms with Gasteiger partial charge in [-0.05, 0) is 31.9 Å². The fourth-order valence-electron chi connectivity index (χ4n) is 2.54. The molecule has 0 saturated carbocycles. The molecule has 1 aromatic rings. The van der Waals surface area contributed by atoms with Crippen molar-refractivity contribution >= 4 is 11.8 Å². The molecule has 1 aromatic heterocycles. The Balaban J connectivity index is 2.12. The monoisotopic (exact) mass is 292 g/mol. The molecule has 6 heteroatoms. The fourth-order valence-corrected chi connectivity index (χ4v) is 2.54. The molecule has 1 aliphatic rings. The Bertz CT molecular complexity index is 461. The van der Waals surface area contributed by atoms with Gasteiger partial charge in [-0.25, -0.2) is 14.8 Å². The first-order valence-corrected chi connectivity index (χ1v) is 7.64. The summed E-state index contributed by atoms with van der Waals surface area (Å²) in [5.74, 6) is 0.426. The number of hydrogen-bond acceptors (Lipinski definition) is 6. The minimum absolute atomic E-state index is 0.121. The van der Waals surface area contributed by atoms with Crippen LogP contribution in [-0.4, -0.2) is 48.7 Å². The molecule has 1 fully saturated rings. The van der Waals surface area contributed by atoms with E-state index in [1.807, 2.05) is 6.07 Å². The molecule has 0 radical (unpaired) electrons. The van der Waals surface area contributed by atoms with Gasteiger partial charge >= 0.3 is 5.97 Å². The number of hydrogen-bond donors (Lipinski definition) is 1. The Kier molecular flexibility index (Phi) is 5.92. The molecule has 116 valence electrons. The zero-order valence-corrected chi connectivity index (χ0v) is 12.8. The van der Waals surface area contributed by atoms with E-state index in [-0.39, 0.29) is 5.82 Å². The molecular weight excluding hydrogens is 268 g/mol. The van der Waals surface area contributed by atoms with Gasteiger partial charge in [-0.15, -0.1) is 0 Å². The van der Waals surface area contributed by atoms with Gasteiger partial charge in [-0.2, -0.15) is 0 Å². The smallest absolute Gasteiger partial charge is 0.376 e. The van der Waals surface area contributed by atoms with E-state index in [1.165, 1.54) is 20.0 Å². The number of anilines is 1. The van der Waals surface area contributed by atoms with Gasteiger partial charge in [0.1, 0.15) is 5.82 Å². The first kappa shape index (κ1) is 15.7. The second-order valence-corrected chi connectivity index (χ2v) is 5.32. The number of aromatic nitrogens is 2. The predicted molar refractivity (Wildman–Crippen MR) is 81.5 cm³/mol. The summed E-state index contributed by atoms with van der Waals surface area (Å²) in [6, 6.07) is 2.36. The van der Waals surface area contributed by atoms with Crippen LogP contribution >= 0.6 is 0 Å². The van der Waals surface area contributed by atoms with Crippen LogP contribution in [0.5, 0.6) is 0 Å². The molecule has 21 heavy (non-hydrogen) atoms. The maximum Gasteiger partial charge on any atom is 0.376 e. The molecule has 0 bridgehead atoms. The van der Waals surface area contributed by atoms with Crippen LogP contribution < -0.4 is 10.2 Å². The van der Waals surface area contributed by atoms with Gasteiger partial charge in [0, 0.05) is 25.3 Å². The van der Waals surface area contributed by atoms with Crippen LogP contribution in [0.3, 0.4) is 0 Å². The highest BCUT2D eigenvalue weighted by Crippen LogP contribution is 2.15. The van der Waals surface area contributed by atoms with Gasteiger partial charge in [0.25, 0.3) is 0 Å². The van der Waals surface area contributed by atoms with E-state index in [0.29, 0.717) is 6.04 Å². The van der Waals surface area contributed by atoms with Gasteiger partial charge in [0.2, 0.25) is 5.82 Å². The van der Waals surface area contributed by atoms with Crippen molar-refractivity contribution in [2.45, 2.75) is 38.6 Å². The Hall–Kier alpha value is -1.69. The second-order valence-electron chi connectivity index (χ2n) is 5.32. The Labute approximate surface area is 125 Å². The lowest BCUT2D eigenvalue weighted by atomic mass is 10.2. The van der Waals surface area contributed by atoms with Crippen molar-refractivity contribution in [3.8, 4) is 0 Å². The highest BCUT2D eigenvalue weighted by atomic mass is 16.5. The molecule has 0 spiro atoms. The fraction of sp³-hybridized carbons (Fsp3) is 0.667. The third-order valence-electron chi connectivity index (χ3n) is 3.72. The summed E-state index contributed by atoms with van der Waals surface area (Å²) >= 11 is 0. The number of methoxy groups -OCH3 is 1. The van der Waals surface area contributed by atoms with Gasteiger partial charge < -0.3 is 15.0 Å². The van der Waals surface area contributed by atoms with Crippen LogP contribution in [0, 0.1) is 0 Å². The average molecular weight is 292 g/mol. The molecule has 2 heterocycles. The molecule has 1 unspecified atom stereocenters. The first-order valence-electron chi connectivity index (χ1n) is 7.64. The molecule has 2 rings (SSSR count). The lowest BCUT2D eigenvalue weighted by molar-refractivity contribution is 0.0587. The van der Waals surface area contributed by atoms with Crippen molar-refractivity contribution in [1.82, 2.24) is 15.3 Å². The Morgan fingerprint density at radius 1 is 1.57 bits per heavy atom. The number of nitrogens with one attached hydrogen (secondary N) is 1. The normalized spacial score (nSPS) is 17.7. The number of ether oxygens (including phenoxy) is 1. The minimum atomic E-state index is -0.494. The van der Waals surface area contributed by atoms with Crippen molar-refractivity contribution < 1.29 is 9.53 Å². The summed E-state index contributed by atoms with van der Waals surface area (Å²) in [4.78, 5) is 22.1. The number of rotatable bonds is 7. The zero-order valence-electron chi connectivity index (χ0n) is 12.8. The molecule has 0 amide bonds. The van der Waals surface area contributed by atoms with E-state index in [1.54, 1.807) is 6.20 Å². The largest absolute Gasteiger partial charge is 0.463 e. The van der Waals surface area contributed by atoms with Gasteiger partial charge in [-0.3, -0.25) is 0 Å². The maximum absolute atomic E-state index is 11.6. The molecular formula is C15H24N4O2. The van der Waals surface area contributed by atoms with E-state index >= 15 is 0 Å². The lowest BCUT2D eigenvalue weighted by Crippen LogP contribution is -2.38. The second kappa shape index (κ2) is 7.93. The van der Waals surface area contributed by atoms with Crippen LogP contribution in [0.4, 0.5) is 5.82 Å². The summed E-state index contributed by atoms with van der Waals surface area (Å²) < 4.78 is 4.69. The van der Waals surface area contributed by atoms with E-state index in [2.05, 4.69) is 27.1 Å². The quantitative estimate of drug-likeness (QED) is 0.770. The Morgan fingerprint density at radius 3 is 3.10 bits per heavy atom.